The molecule has 0 aromatic heterocycles. The third kappa shape index (κ3) is 4.61. The van der Waals surface area contributed by atoms with E-state index in [0.717, 1.165) is 30.6 Å². The van der Waals surface area contributed by atoms with Gasteiger partial charge < -0.3 is 0 Å². The number of rotatable bonds is 5. The van der Waals surface area contributed by atoms with E-state index in [9.17, 15) is 8.78 Å². The van der Waals surface area contributed by atoms with Crippen molar-refractivity contribution in [3.05, 3.63) is 11.6 Å². The maximum absolute atomic E-state index is 13.7. The first kappa shape index (κ1) is 18.4. The van der Waals surface area contributed by atoms with Gasteiger partial charge in [0.25, 0.3) is 0 Å². The Bertz CT molecular complexity index is 408. The van der Waals surface area contributed by atoms with Crippen molar-refractivity contribution < 1.29 is 8.78 Å². The van der Waals surface area contributed by atoms with Crippen molar-refractivity contribution in [2.24, 2.45) is 23.7 Å². The maximum atomic E-state index is 13.7. The van der Waals surface area contributed by atoms with Crippen molar-refractivity contribution in [1.29, 1.82) is 0 Å². The van der Waals surface area contributed by atoms with Gasteiger partial charge in [-0.05, 0) is 75.0 Å². The van der Waals surface area contributed by atoms with Gasteiger partial charge in [-0.15, -0.1) is 0 Å². The SMILES string of the molecule is CCCCC1CCC(C2CC=C(C3CCC(F)C(F)C3)CC2)CC1. The molecule has 3 aliphatic rings. The van der Waals surface area contributed by atoms with Crippen molar-refractivity contribution in [2.45, 2.75) is 103 Å². The monoisotopic (exact) mass is 338 g/mol. The largest absolute Gasteiger partial charge is 0.244 e. The molecule has 0 aliphatic heterocycles. The van der Waals surface area contributed by atoms with Crippen LogP contribution in [0.3, 0.4) is 0 Å². The zero-order valence-corrected chi connectivity index (χ0v) is 15.5. The topological polar surface area (TPSA) is 0 Å². The van der Waals surface area contributed by atoms with E-state index in [1.54, 1.807) is 0 Å². The third-order valence-electron chi connectivity index (χ3n) is 7.23. The van der Waals surface area contributed by atoms with Gasteiger partial charge in [0, 0.05) is 0 Å². The lowest BCUT2D eigenvalue weighted by atomic mass is 9.69. The van der Waals surface area contributed by atoms with Crippen molar-refractivity contribution in [3.8, 4) is 0 Å². The third-order valence-corrected chi connectivity index (χ3v) is 7.23. The summed E-state index contributed by atoms with van der Waals surface area (Å²) < 4.78 is 27.0. The van der Waals surface area contributed by atoms with Crippen molar-refractivity contribution in [1.82, 2.24) is 0 Å². The van der Waals surface area contributed by atoms with Crippen LogP contribution in [0, 0.1) is 23.7 Å². The lowest BCUT2D eigenvalue weighted by molar-refractivity contribution is 0.0964. The second-order valence-electron chi connectivity index (χ2n) is 8.78. The summed E-state index contributed by atoms with van der Waals surface area (Å²) in [4.78, 5) is 0. The highest BCUT2D eigenvalue weighted by Gasteiger charge is 2.34. The van der Waals surface area contributed by atoms with Crippen LogP contribution < -0.4 is 0 Å². The molecule has 0 radical (unpaired) electrons. The van der Waals surface area contributed by atoms with Crippen molar-refractivity contribution in [3.63, 3.8) is 0 Å². The van der Waals surface area contributed by atoms with Crippen LogP contribution in [-0.4, -0.2) is 12.3 Å². The average Bonchev–Trinajstić information content (AvgIpc) is 2.63. The zero-order valence-electron chi connectivity index (χ0n) is 15.5. The Morgan fingerprint density at radius 1 is 0.917 bits per heavy atom. The second kappa shape index (κ2) is 8.81. The molecule has 4 atom stereocenters. The van der Waals surface area contributed by atoms with Gasteiger partial charge in [-0.1, -0.05) is 50.7 Å². The van der Waals surface area contributed by atoms with E-state index in [1.165, 1.54) is 63.4 Å². The molecule has 2 fully saturated rings. The Labute approximate surface area is 147 Å². The number of hydrogen-bond donors (Lipinski definition) is 0. The summed E-state index contributed by atoms with van der Waals surface area (Å²) in [7, 11) is 0. The highest BCUT2D eigenvalue weighted by atomic mass is 19.2. The first-order valence-electron chi connectivity index (χ1n) is 10.6. The Morgan fingerprint density at radius 2 is 1.71 bits per heavy atom. The van der Waals surface area contributed by atoms with E-state index in [2.05, 4.69) is 13.0 Å². The molecule has 3 rings (SSSR count). The first-order valence-corrected chi connectivity index (χ1v) is 10.6. The maximum Gasteiger partial charge on any atom is 0.132 e. The minimum atomic E-state index is -1.22. The predicted octanol–water partition coefficient (Wildman–Crippen LogP) is 7.19. The summed E-state index contributed by atoms with van der Waals surface area (Å²) in [5.41, 5.74) is 1.46. The molecular weight excluding hydrogens is 302 g/mol. The zero-order chi connectivity index (χ0) is 16.9. The summed E-state index contributed by atoms with van der Waals surface area (Å²) >= 11 is 0. The fourth-order valence-electron chi connectivity index (χ4n) is 5.53. The molecule has 2 heteroatoms. The molecule has 0 saturated heterocycles. The van der Waals surface area contributed by atoms with Gasteiger partial charge in [-0.3, -0.25) is 0 Å². The van der Waals surface area contributed by atoms with Crippen LogP contribution in [0.1, 0.15) is 90.4 Å². The van der Waals surface area contributed by atoms with Crippen molar-refractivity contribution in [2.75, 3.05) is 0 Å². The summed E-state index contributed by atoms with van der Waals surface area (Å²) in [6.45, 7) is 2.29. The van der Waals surface area contributed by atoms with Gasteiger partial charge in [0.05, 0.1) is 0 Å². The van der Waals surface area contributed by atoms with E-state index >= 15 is 0 Å². The molecular formula is C22H36F2. The molecule has 138 valence electrons. The molecule has 0 spiro atoms. The van der Waals surface area contributed by atoms with Gasteiger partial charge in [0.15, 0.2) is 0 Å². The molecule has 0 heterocycles. The summed E-state index contributed by atoms with van der Waals surface area (Å²) in [6.07, 6.45) is 15.3. The molecule has 0 N–H and O–H groups in total. The van der Waals surface area contributed by atoms with E-state index in [-0.39, 0.29) is 0 Å². The predicted molar refractivity (Wildman–Crippen MR) is 97.5 cm³/mol. The lowest BCUT2D eigenvalue weighted by Crippen LogP contribution is -2.29. The Balaban J connectivity index is 1.44. The van der Waals surface area contributed by atoms with E-state index in [0.29, 0.717) is 18.8 Å². The fraction of sp³-hybridized carbons (Fsp3) is 0.909. The van der Waals surface area contributed by atoms with Gasteiger partial charge in [-0.2, -0.15) is 0 Å². The van der Waals surface area contributed by atoms with E-state index < -0.39 is 12.3 Å². The summed E-state index contributed by atoms with van der Waals surface area (Å²) in [5.74, 6) is 3.11. The highest BCUT2D eigenvalue weighted by Crippen LogP contribution is 2.43. The van der Waals surface area contributed by atoms with E-state index in [4.69, 9.17) is 0 Å². The van der Waals surface area contributed by atoms with Gasteiger partial charge in [0.1, 0.15) is 12.3 Å². The standard InChI is InChI=1S/C22H36F2/c1-2-3-4-16-5-7-17(8-6-16)18-9-11-19(12-10-18)20-13-14-21(23)22(24)15-20/h11,16-18,20-22H,2-10,12-15H2,1H3. The van der Waals surface area contributed by atoms with Gasteiger partial charge in [-0.25, -0.2) is 8.78 Å². The molecule has 2 saturated carbocycles. The normalized spacial score (nSPS) is 41.0. The molecule has 0 bridgehead atoms. The molecule has 24 heavy (non-hydrogen) atoms. The minimum Gasteiger partial charge on any atom is -0.244 e. The Kier molecular flexibility index (Phi) is 6.75. The summed E-state index contributed by atoms with van der Waals surface area (Å²) in [5, 5.41) is 0. The molecule has 3 aliphatic carbocycles. The number of unbranched alkanes of at least 4 members (excludes halogenated alkanes) is 1. The molecule has 0 nitrogen and oxygen atoms in total. The number of alkyl halides is 2. The summed E-state index contributed by atoms with van der Waals surface area (Å²) in [6, 6.07) is 0. The van der Waals surface area contributed by atoms with E-state index in [1.807, 2.05) is 0 Å². The smallest absolute Gasteiger partial charge is 0.132 e. The Hall–Kier alpha value is -0.400. The van der Waals surface area contributed by atoms with Crippen LogP contribution in [0.5, 0.6) is 0 Å². The van der Waals surface area contributed by atoms with Crippen LogP contribution in [0.2, 0.25) is 0 Å². The number of hydrogen-bond acceptors (Lipinski definition) is 0. The minimum absolute atomic E-state index is 0.331. The number of halogens is 2. The molecule has 0 amide bonds. The fourth-order valence-corrected chi connectivity index (χ4v) is 5.53. The Morgan fingerprint density at radius 3 is 2.33 bits per heavy atom. The van der Waals surface area contributed by atoms with Gasteiger partial charge in [0.2, 0.25) is 0 Å². The number of allylic oxidation sites excluding steroid dienone is 2. The van der Waals surface area contributed by atoms with Crippen LogP contribution >= 0.6 is 0 Å². The quantitative estimate of drug-likeness (QED) is 0.465. The van der Waals surface area contributed by atoms with Crippen LogP contribution in [-0.2, 0) is 0 Å². The van der Waals surface area contributed by atoms with Crippen LogP contribution in [0.4, 0.5) is 8.78 Å². The highest BCUT2D eigenvalue weighted by molar-refractivity contribution is 5.13. The van der Waals surface area contributed by atoms with Crippen LogP contribution in [0.25, 0.3) is 0 Å². The average molecular weight is 339 g/mol. The molecule has 4 unspecified atom stereocenters. The molecule has 0 aromatic carbocycles. The van der Waals surface area contributed by atoms with Gasteiger partial charge >= 0.3 is 0 Å². The first-order chi connectivity index (χ1) is 11.7. The van der Waals surface area contributed by atoms with Crippen molar-refractivity contribution >= 4 is 0 Å². The molecule has 0 aromatic rings. The van der Waals surface area contributed by atoms with Crippen LogP contribution in [0.15, 0.2) is 11.6 Å². The second-order valence-corrected chi connectivity index (χ2v) is 8.78. The lowest BCUT2D eigenvalue weighted by Gasteiger charge is -2.37.